The summed E-state index contributed by atoms with van der Waals surface area (Å²) in [6.07, 6.45) is 3.30. The fourth-order valence-corrected chi connectivity index (χ4v) is 3.56. The summed E-state index contributed by atoms with van der Waals surface area (Å²) in [6.45, 7) is 1.98. The number of nitrogens with zero attached hydrogens (tertiary/aromatic N) is 2. The van der Waals surface area contributed by atoms with Crippen molar-refractivity contribution in [2.75, 3.05) is 0 Å². The van der Waals surface area contributed by atoms with Crippen LogP contribution in [0.25, 0.3) is 0 Å². The number of nitrogens with one attached hydrogen (secondary N) is 2. The predicted octanol–water partition coefficient (Wildman–Crippen LogP) is 0.825. The van der Waals surface area contributed by atoms with E-state index in [1.807, 2.05) is 0 Å². The molecule has 0 saturated carbocycles. The van der Waals surface area contributed by atoms with Gasteiger partial charge in [0.1, 0.15) is 11.9 Å². The summed E-state index contributed by atoms with van der Waals surface area (Å²) in [5.41, 5.74) is 1.40. The van der Waals surface area contributed by atoms with Gasteiger partial charge in [-0.25, -0.2) is 8.42 Å². The van der Waals surface area contributed by atoms with E-state index in [0.717, 1.165) is 5.56 Å². The van der Waals surface area contributed by atoms with Crippen molar-refractivity contribution in [2.24, 2.45) is 4.99 Å². The summed E-state index contributed by atoms with van der Waals surface area (Å²) in [7, 11) is -3.60. The van der Waals surface area contributed by atoms with Crippen LogP contribution >= 0.6 is 0 Å². The van der Waals surface area contributed by atoms with Gasteiger partial charge >= 0.3 is 0 Å². The van der Waals surface area contributed by atoms with Crippen LogP contribution in [-0.2, 0) is 21.4 Å². The summed E-state index contributed by atoms with van der Waals surface area (Å²) < 4.78 is 26.4. The molecule has 0 unspecified atom stereocenters. The first-order valence-corrected chi connectivity index (χ1v) is 8.82. The number of amides is 1. The van der Waals surface area contributed by atoms with E-state index >= 15 is 0 Å². The van der Waals surface area contributed by atoms with E-state index in [1.54, 1.807) is 49.6 Å². The topological polar surface area (TPSA) is 101 Å². The zero-order valence-corrected chi connectivity index (χ0v) is 13.7. The number of benzene rings is 1. The largest absolute Gasteiger partial charge is 0.350 e. The van der Waals surface area contributed by atoms with Crippen molar-refractivity contribution in [2.45, 2.75) is 24.4 Å². The minimum atomic E-state index is -3.60. The molecule has 2 heterocycles. The van der Waals surface area contributed by atoms with Crippen molar-refractivity contribution in [1.29, 1.82) is 0 Å². The lowest BCUT2D eigenvalue weighted by Crippen LogP contribution is -2.33. The third-order valence-electron chi connectivity index (χ3n) is 3.58. The molecule has 1 atom stereocenters. The van der Waals surface area contributed by atoms with Gasteiger partial charge in [-0.3, -0.25) is 19.5 Å². The van der Waals surface area contributed by atoms with Gasteiger partial charge in [-0.05, 0) is 36.8 Å². The van der Waals surface area contributed by atoms with E-state index in [2.05, 4.69) is 20.0 Å². The number of sulfonamides is 1. The number of rotatable bonds is 4. The molecule has 3 rings (SSSR count). The summed E-state index contributed by atoms with van der Waals surface area (Å²) in [5, 5.41) is 2.77. The number of amidine groups is 1. The van der Waals surface area contributed by atoms with E-state index in [0.29, 0.717) is 12.1 Å². The quantitative estimate of drug-likeness (QED) is 0.858. The van der Waals surface area contributed by atoms with Crippen molar-refractivity contribution in [3.63, 3.8) is 0 Å². The van der Waals surface area contributed by atoms with Crippen LogP contribution in [0.1, 0.15) is 18.1 Å². The molecule has 0 fully saturated rings. The minimum Gasteiger partial charge on any atom is -0.350 e. The van der Waals surface area contributed by atoms with Gasteiger partial charge < -0.3 is 5.32 Å². The number of hydrogen-bond donors (Lipinski definition) is 2. The van der Waals surface area contributed by atoms with Crippen LogP contribution in [0, 0.1) is 0 Å². The van der Waals surface area contributed by atoms with Gasteiger partial charge in [0.2, 0.25) is 5.91 Å². The highest BCUT2D eigenvalue weighted by Gasteiger charge is 2.31. The maximum atomic E-state index is 12.2. The molecule has 0 aliphatic carbocycles. The minimum absolute atomic E-state index is 0.174. The Labute approximate surface area is 139 Å². The molecular weight excluding hydrogens is 328 g/mol. The van der Waals surface area contributed by atoms with Gasteiger partial charge in [-0.1, -0.05) is 12.1 Å². The van der Waals surface area contributed by atoms with E-state index in [-0.39, 0.29) is 16.6 Å². The highest BCUT2D eigenvalue weighted by atomic mass is 32.2. The third kappa shape index (κ3) is 3.28. The second kappa shape index (κ2) is 6.40. The number of aromatic nitrogens is 1. The van der Waals surface area contributed by atoms with Gasteiger partial charge in [0.05, 0.1) is 4.90 Å². The van der Waals surface area contributed by atoms with Crippen LogP contribution in [0.2, 0.25) is 0 Å². The average molecular weight is 344 g/mol. The number of fused-ring (bicyclic) bond motifs is 1. The van der Waals surface area contributed by atoms with Crippen molar-refractivity contribution >= 4 is 21.8 Å². The van der Waals surface area contributed by atoms with E-state index in [9.17, 15) is 13.2 Å². The molecule has 1 aromatic carbocycles. The zero-order chi connectivity index (χ0) is 17.2. The van der Waals surface area contributed by atoms with Crippen LogP contribution < -0.4 is 10.0 Å². The molecule has 0 radical (unpaired) electrons. The summed E-state index contributed by atoms with van der Waals surface area (Å²) in [6, 6.07) is 9.42. The Morgan fingerprint density at radius 3 is 2.71 bits per heavy atom. The molecule has 2 aromatic rings. The molecule has 0 bridgehead atoms. The van der Waals surface area contributed by atoms with Gasteiger partial charge in [0.15, 0.2) is 0 Å². The van der Waals surface area contributed by atoms with Crippen molar-refractivity contribution in [3.05, 3.63) is 59.9 Å². The Bertz CT molecular complexity index is 895. The lowest BCUT2D eigenvalue weighted by atomic mass is 10.2. The molecular formula is C16H16N4O3S. The van der Waals surface area contributed by atoms with E-state index in [1.165, 1.54) is 6.07 Å². The number of carbonyl (C=O) groups is 1. The molecule has 0 saturated heterocycles. The van der Waals surface area contributed by atoms with Crippen molar-refractivity contribution < 1.29 is 13.2 Å². The Morgan fingerprint density at radius 2 is 1.96 bits per heavy atom. The van der Waals surface area contributed by atoms with Gasteiger partial charge in [0.25, 0.3) is 10.0 Å². The smallest absolute Gasteiger partial charge is 0.263 e. The average Bonchev–Trinajstić information content (AvgIpc) is 2.84. The van der Waals surface area contributed by atoms with E-state index in [4.69, 9.17) is 0 Å². The summed E-state index contributed by atoms with van der Waals surface area (Å²) in [4.78, 5) is 20.5. The Balaban J connectivity index is 1.73. The van der Waals surface area contributed by atoms with Gasteiger partial charge in [0, 0.05) is 24.5 Å². The predicted molar refractivity (Wildman–Crippen MR) is 88.8 cm³/mol. The van der Waals surface area contributed by atoms with Crippen molar-refractivity contribution in [1.82, 2.24) is 15.0 Å². The molecule has 2 N–H and O–H groups in total. The standard InChI is InChI=1S/C16H16N4O3S/c1-11(16(21)18-10-12-6-8-17-9-7-12)19-15-13-4-2-3-5-14(13)24(22,23)20-15/h2-9,11H,10H2,1H3,(H,18,21)(H,19,20)/t11-/m0/s1. The maximum Gasteiger partial charge on any atom is 0.263 e. The Morgan fingerprint density at radius 1 is 1.25 bits per heavy atom. The molecule has 1 aromatic heterocycles. The summed E-state index contributed by atoms with van der Waals surface area (Å²) in [5.74, 6) is -0.0972. The maximum absolute atomic E-state index is 12.2. The molecule has 7 nitrogen and oxygen atoms in total. The number of aliphatic imine (C=N–C) groups is 1. The number of carbonyl (C=O) groups excluding carboxylic acids is 1. The molecule has 8 heteroatoms. The molecule has 24 heavy (non-hydrogen) atoms. The summed E-state index contributed by atoms with van der Waals surface area (Å²) >= 11 is 0. The van der Waals surface area contributed by atoms with Gasteiger partial charge in [-0.2, -0.15) is 0 Å². The van der Waals surface area contributed by atoms with Crippen LogP contribution in [-0.4, -0.2) is 31.2 Å². The highest BCUT2D eigenvalue weighted by Crippen LogP contribution is 2.22. The third-order valence-corrected chi connectivity index (χ3v) is 4.98. The van der Waals surface area contributed by atoms with Crippen LogP contribution in [0.4, 0.5) is 0 Å². The monoisotopic (exact) mass is 344 g/mol. The van der Waals surface area contributed by atoms with Crippen molar-refractivity contribution in [3.8, 4) is 0 Å². The number of pyridine rings is 1. The highest BCUT2D eigenvalue weighted by molar-refractivity contribution is 7.90. The molecule has 1 aliphatic rings. The van der Waals surface area contributed by atoms with Crippen LogP contribution in [0.3, 0.4) is 0 Å². The lowest BCUT2D eigenvalue weighted by molar-refractivity contribution is -0.122. The Kier molecular flexibility index (Phi) is 4.30. The fraction of sp³-hybridized carbons (Fsp3) is 0.188. The zero-order valence-electron chi connectivity index (χ0n) is 12.9. The fourth-order valence-electron chi connectivity index (χ4n) is 2.32. The first-order chi connectivity index (χ1) is 11.5. The molecule has 1 aliphatic heterocycles. The molecule has 124 valence electrons. The normalized spacial score (nSPS) is 17.8. The van der Waals surface area contributed by atoms with Gasteiger partial charge in [-0.15, -0.1) is 0 Å². The van der Waals surface area contributed by atoms with E-state index < -0.39 is 16.1 Å². The SMILES string of the molecule is C[C@H](N=C1NS(=O)(=O)c2ccccc21)C(=O)NCc1ccncc1. The molecule has 1 amide bonds. The Hall–Kier alpha value is -2.74. The second-order valence-electron chi connectivity index (χ2n) is 5.33. The second-order valence-corrected chi connectivity index (χ2v) is 6.98. The first-order valence-electron chi connectivity index (χ1n) is 7.34. The first kappa shape index (κ1) is 16.1. The lowest BCUT2D eigenvalue weighted by Gasteiger charge is -2.09. The number of hydrogen-bond acceptors (Lipinski definition) is 5. The molecule has 0 spiro atoms. The van der Waals surface area contributed by atoms with Crippen LogP contribution in [0.15, 0.2) is 58.7 Å². The van der Waals surface area contributed by atoms with Crippen LogP contribution in [0.5, 0.6) is 0 Å².